The molecule has 1 aromatic carbocycles. The summed E-state index contributed by atoms with van der Waals surface area (Å²) in [6.45, 7) is 6.32. The molecule has 0 radical (unpaired) electrons. The summed E-state index contributed by atoms with van der Waals surface area (Å²) in [4.78, 5) is 0. The Morgan fingerprint density at radius 1 is 1.29 bits per heavy atom. The van der Waals surface area contributed by atoms with Crippen LogP contribution in [-0.2, 0) is 22.3 Å². The van der Waals surface area contributed by atoms with E-state index in [1.807, 2.05) is 19.1 Å². The number of hydrogen-bond acceptors (Lipinski definition) is 5. The van der Waals surface area contributed by atoms with Crippen LogP contribution in [0.1, 0.15) is 45.2 Å². The van der Waals surface area contributed by atoms with Gasteiger partial charge in [-0.2, -0.15) is 0 Å². The molecule has 1 heterocycles. The number of halogens is 2. The van der Waals surface area contributed by atoms with Crippen LogP contribution in [0.2, 0.25) is 0 Å². The van der Waals surface area contributed by atoms with E-state index in [9.17, 15) is 13.9 Å². The average molecular weight is 443 g/mol. The second kappa shape index (κ2) is 12.2. The Bertz CT molecular complexity index is 657. The van der Waals surface area contributed by atoms with Gasteiger partial charge >= 0.3 is 0 Å². The lowest BCUT2D eigenvalue weighted by atomic mass is 9.94. The minimum atomic E-state index is -1.16. The van der Waals surface area contributed by atoms with Crippen molar-refractivity contribution in [1.82, 2.24) is 5.32 Å². The Morgan fingerprint density at radius 2 is 1.97 bits per heavy atom. The van der Waals surface area contributed by atoms with Gasteiger partial charge in [-0.25, -0.2) is 0 Å². The van der Waals surface area contributed by atoms with Crippen LogP contribution in [-0.4, -0.2) is 62.2 Å². The number of aliphatic hydroxyl groups excluding tert-OH is 1. The molecule has 0 saturated carbocycles. The van der Waals surface area contributed by atoms with Crippen molar-refractivity contribution in [3.8, 4) is 0 Å². The molecule has 0 spiro atoms. The van der Waals surface area contributed by atoms with Crippen molar-refractivity contribution in [1.29, 1.82) is 0 Å². The first-order valence-electron chi connectivity index (χ1n) is 11.3. The number of aliphatic hydroxyl groups is 1. The summed E-state index contributed by atoms with van der Waals surface area (Å²) in [6.07, 6.45) is 1.30. The van der Waals surface area contributed by atoms with Crippen LogP contribution in [0.5, 0.6) is 0 Å². The van der Waals surface area contributed by atoms with Crippen molar-refractivity contribution < 1.29 is 23.4 Å². The van der Waals surface area contributed by atoms with E-state index >= 15 is 0 Å². The second-order valence-electron chi connectivity index (χ2n) is 9.76. The maximum atomic E-state index is 13.0. The molecule has 0 unspecified atom stereocenters. The first-order chi connectivity index (χ1) is 14.7. The highest BCUT2D eigenvalue weighted by Gasteiger charge is 2.36. The monoisotopic (exact) mass is 442 g/mol. The average Bonchev–Trinajstić information content (AvgIpc) is 2.76. The molecule has 178 valence electrons. The van der Waals surface area contributed by atoms with Crippen molar-refractivity contribution in [2.24, 2.45) is 17.1 Å². The minimum Gasteiger partial charge on any atom is -0.390 e. The highest BCUT2D eigenvalue weighted by atomic mass is 19.1. The van der Waals surface area contributed by atoms with Gasteiger partial charge in [0.15, 0.2) is 6.29 Å². The van der Waals surface area contributed by atoms with Gasteiger partial charge in [0, 0.05) is 11.5 Å². The molecule has 0 aromatic heterocycles. The number of ether oxygens (including phenoxy) is 2. The first kappa shape index (κ1) is 26.1. The molecular weight excluding hydrogens is 402 g/mol. The summed E-state index contributed by atoms with van der Waals surface area (Å²) >= 11 is 0. The number of morpholine rings is 1. The molecule has 4 N–H and O–H groups in total. The summed E-state index contributed by atoms with van der Waals surface area (Å²) in [7, 11) is 0. The number of aryl methyl sites for hydroxylation is 1. The lowest BCUT2D eigenvalue weighted by Crippen LogP contribution is -2.61. The summed E-state index contributed by atoms with van der Waals surface area (Å²) in [6, 6.07) is 7.33. The maximum Gasteiger partial charge on any atom is 0.172 e. The third-order valence-electron chi connectivity index (χ3n) is 5.89. The van der Waals surface area contributed by atoms with E-state index in [1.165, 1.54) is 12.5 Å². The van der Waals surface area contributed by atoms with Crippen molar-refractivity contribution in [2.75, 3.05) is 26.6 Å². The fourth-order valence-corrected chi connectivity index (χ4v) is 3.65. The van der Waals surface area contributed by atoms with Gasteiger partial charge in [-0.15, -0.1) is 0 Å². The molecule has 5 nitrogen and oxygen atoms in total. The van der Waals surface area contributed by atoms with E-state index in [2.05, 4.69) is 31.3 Å². The van der Waals surface area contributed by atoms with E-state index in [1.54, 1.807) is 0 Å². The van der Waals surface area contributed by atoms with Crippen molar-refractivity contribution in [2.45, 2.75) is 77.5 Å². The highest BCUT2D eigenvalue weighted by molar-refractivity contribution is 5.24. The first-order valence-corrected chi connectivity index (χ1v) is 11.3. The third kappa shape index (κ3) is 8.06. The molecule has 2 rings (SSSR count). The normalized spacial score (nSPS) is 24.4. The molecule has 1 aliphatic heterocycles. The van der Waals surface area contributed by atoms with Crippen LogP contribution in [0.15, 0.2) is 24.3 Å². The molecule has 0 aliphatic carbocycles. The SMILES string of the molecule is CC(C)CCc1cccc(C[C@H](N)[C@H](O)[C@H]2CO[C@@H](OCC(C)(CF)CF)[C@H](C)N2)c1. The van der Waals surface area contributed by atoms with Crippen molar-refractivity contribution >= 4 is 0 Å². The van der Waals surface area contributed by atoms with Gasteiger partial charge in [0.25, 0.3) is 0 Å². The number of alkyl halides is 2. The summed E-state index contributed by atoms with van der Waals surface area (Å²) in [5.41, 5.74) is 7.56. The van der Waals surface area contributed by atoms with E-state index < -0.39 is 37.2 Å². The van der Waals surface area contributed by atoms with Gasteiger partial charge in [-0.1, -0.05) is 45.0 Å². The third-order valence-corrected chi connectivity index (χ3v) is 5.89. The van der Waals surface area contributed by atoms with Crippen LogP contribution in [0, 0.1) is 11.3 Å². The fraction of sp³-hybridized carbons (Fsp3) is 0.750. The van der Waals surface area contributed by atoms with Crippen molar-refractivity contribution in [3.63, 3.8) is 0 Å². The van der Waals surface area contributed by atoms with Crippen LogP contribution >= 0.6 is 0 Å². The van der Waals surface area contributed by atoms with Gasteiger partial charge in [0.05, 0.1) is 44.8 Å². The van der Waals surface area contributed by atoms with E-state index in [0.29, 0.717) is 12.3 Å². The quantitative estimate of drug-likeness (QED) is 0.464. The number of rotatable bonds is 12. The number of nitrogens with one attached hydrogen (secondary N) is 1. The van der Waals surface area contributed by atoms with Gasteiger partial charge in [-0.05, 0) is 43.2 Å². The Kier molecular flexibility index (Phi) is 10.3. The minimum absolute atomic E-state index is 0.0728. The zero-order valence-corrected chi connectivity index (χ0v) is 19.3. The standard InChI is InChI=1S/C24H40F2N2O3/c1-16(2)8-9-18-6-5-7-19(10-18)11-20(27)22(29)21-12-30-23(17(3)28-21)31-15-24(4,13-25)14-26/h5-7,10,16-17,20-23,28-29H,8-9,11-15,27H2,1-4H3/t17-,20-,21+,22-,23-/m0/s1. The summed E-state index contributed by atoms with van der Waals surface area (Å²) in [5, 5.41) is 14.1. The molecule has 1 aromatic rings. The van der Waals surface area contributed by atoms with Gasteiger partial charge < -0.3 is 25.6 Å². The smallest absolute Gasteiger partial charge is 0.172 e. The number of benzene rings is 1. The number of nitrogens with two attached hydrogens (primary N) is 1. The van der Waals surface area contributed by atoms with Crippen molar-refractivity contribution in [3.05, 3.63) is 35.4 Å². The maximum absolute atomic E-state index is 13.0. The fourth-order valence-electron chi connectivity index (χ4n) is 3.65. The van der Waals surface area contributed by atoms with Crippen LogP contribution in [0.4, 0.5) is 8.78 Å². The van der Waals surface area contributed by atoms with Gasteiger partial charge in [-0.3, -0.25) is 8.78 Å². The Morgan fingerprint density at radius 3 is 2.58 bits per heavy atom. The zero-order valence-electron chi connectivity index (χ0n) is 19.3. The van der Waals surface area contributed by atoms with E-state index in [-0.39, 0.29) is 25.3 Å². The van der Waals surface area contributed by atoms with Gasteiger partial charge in [0.1, 0.15) is 0 Å². The van der Waals surface area contributed by atoms with Crippen LogP contribution in [0.3, 0.4) is 0 Å². The van der Waals surface area contributed by atoms with Gasteiger partial charge in [0.2, 0.25) is 0 Å². The van der Waals surface area contributed by atoms with E-state index in [4.69, 9.17) is 15.2 Å². The zero-order chi connectivity index (χ0) is 23.0. The second-order valence-corrected chi connectivity index (χ2v) is 9.76. The summed E-state index contributed by atoms with van der Waals surface area (Å²) in [5.74, 6) is 0.655. The molecule has 1 fully saturated rings. The molecule has 7 heteroatoms. The molecule has 31 heavy (non-hydrogen) atoms. The molecule has 0 bridgehead atoms. The van der Waals surface area contributed by atoms with E-state index in [0.717, 1.165) is 18.4 Å². The largest absolute Gasteiger partial charge is 0.390 e. The van der Waals surface area contributed by atoms with Crippen LogP contribution in [0.25, 0.3) is 0 Å². The summed E-state index contributed by atoms with van der Waals surface area (Å²) < 4.78 is 37.4. The lowest BCUT2D eigenvalue weighted by Gasteiger charge is -2.39. The lowest BCUT2D eigenvalue weighted by molar-refractivity contribution is -0.205. The van der Waals surface area contributed by atoms with Crippen LogP contribution < -0.4 is 11.1 Å². The molecule has 1 aliphatic rings. The molecule has 0 amide bonds. The Labute approximate surface area is 185 Å². The predicted octanol–water partition coefficient (Wildman–Crippen LogP) is 3.17. The molecule has 5 atom stereocenters. The Balaban J connectivity index is 1.85. The topological polar surface area (TPSA) is 76.7 Å². The highest BCUT2D eigenvalue weighted by Crippen LogP contribution is 2.22. The number of hydrogen-bond donors (Lipinski definition) is 3. The molecular formula is C24H40F2N2O3. The molecule has 1 saturated heterocycles. The Hall–Kier alpha value is -1.12. The predicted molar refractivity (Wildman–Crippen MR) is 119 cm³/mol.